The number of amides is 1. The molecule has 1 aliphatic heterocycles. The second kappa shape index (κ2) is 7.46. The van der Waals surface area contributed by atoms with Gasteiger partial charge in [0.15, 0.2) is 10.5 Å². The zero-order valence-corrected chi connectivity index (χ0v) is 14.2. The quantitative estimate of drug-likeness (QED) is 0.261. The van der Waals surface area contributed by atoms with Crippen molar-refractivity contribution in [2.24, 2.45) is 0 Å². The Balaban J connectivity index is 3.14. The lowest BCUT2D eigenvalue weighted by Crippen LogP contribution is -2.67. The monoisotopic (exact) mass is 339 g/mol. The van der Waals surface area contributed by atoms with Gasteiger partial charge in [0, 0.05) is 13.3 Å². The first-order chi connectivity index (χ1) is 10.2. The highest BCUT2D eigenvalue weighted by Gasteiger charge is 2.54. The summed E-state index contributed by atoms with van der Waals surface area (Å²) in [6, 6.07) is -1.17. The lowest BCUT2D eigenvalue weighted by Gasteiger charge is -2.46. The Bertz CT molecular complexity index is 422. The minimum Gasteiger partial charge on any atom is -0.477 e. The first-order valence-corrected chi connectivity index (χ1v) is 7.38. The van der Waals surface area contributed by atoms with Crippen LogP contribution in [-0.2, 0) is 18.8 Å². The maximum atomic E-state index is 11.4. The number of aliphatic carboxylic acids is 1. The van der Waals surface area contributed by atoms with Gasteiger partial charge in [0.1, 0.15) is 18.3 Å². The molecule has 10 nitrogen and oxygen atoms in total. The van der Waals surface area contributed by atoms with Crippen molar-refractivity contribution in [3.63, 3.8) is 0 Å². The third-order valence-electron chi connectivity index (χ3n) is 3.52. The number of hydrogen-bond acceptors (Lipinski definition) is 8. The van der Waals surface area contributed by atoms with Crippen molar-refractivity contribution in [3.8, 4) is 0 Å². The summed E-state index contributed by atoms with van der Waals surface area (Å²) in [5.74, 6) is -4.22. The lowest BCUT2D eigenvalue weighted by molar-refractivity contribution is -0.284. The molecule has 0 aromatic carbocycles. The van der Waals surface area contributed by atoms with E-state index in [0.717, 1.165) is 0 Å². The maximum absolute atomic E-state index is 11.4. The van der Waals surface area contributed by atoms with Crippen LogP contribution >= 0.6 is 0 Å². The largest absolute Gasteiger partial charge is 0.477 e. The zero-order chi connectivity index (χ0) is 17.1. The molecule has 0 spiro atoms. The number of carbonyl (C=O) groups excluding carboxylic acids is 1. The fourth-order valence-electron chi connectivity index (χ4n) is 2.34. The van der Waals surface area contributed by atoms with Gasteiger partial charge in [0.2, 0.25) is 5.91 Å². The van der Waals surface area contributed by atoms with Crippen LogP contribution < -0.4 is 5.32 Å². The first-order valence-electron chi connectivity index (χ1n) is 6.57. The van der Waals surface area contributed by atoms with Crippen LogP contribution in [0.2, 0.25) is 0 Å². The number of carboxylic acid groups (broad SMARTS) is 1. The molecule has 0 aromatic rings. The summed E-state index contributed by atoms with van der Waals surface area (Å²) >= 11 is 0. The summed E-state index contributed by atoms with van der Waals surface area (Å²) in [4.78, 5) is 22.6. The van der Waals surface area contributed by atoms with Gasteiger partial charge in [-0.05, 0) is 0 Å². The number of carboxylic acids is 1. The molecule has 1 rings (SSSR count). The Kier molecular flexibility index (Phi) is 6.43. The van der Waals surface area contributed by atoms with Gasteiger partial charge in [-0.25, -0.2) is 4.79 Å². The third kappa shape index (κ3) is 3.81. The Morgan fingerprint density at radius 1 is 1.50 bits per heavy atom. The van der Waals surface area contributed by atoms with E-state index in [-0.39, 0.29) is 10.5 Å². The maximum Gasteiger partial charge on any atom is 0.363 e. The number of hydrogen-bond donors (Lipinski definition) is 6. The highest BCUT2D eigenvalue weighted by atomic mass is 28.2. The first kappa shape index (κ1) is 19.0. The number of aliphatic hydroxyl groups is 4. The van der Waals surface area contributed by atoms with Gasteiger partial charge >= 0.3 is 5.97 Å². The second-order valence-corrected chi connectivity index (χ2v) is 5.49. The molecule has 1 amide bonds. The molecule has 0 aliphatic carbocycles. The van der Waals surface area contributed by atoms with E-state index >= 15 is 0 Å². The average Bonchev–Trinajstić information content (AvgIpc) is 2.46. The van der Waals surface area contributed by atoms with Gasteiger partial charge < -0.3 is 40.0 Å². The van der Waals surface area contributed by atoms with E-state index in [1.54, 1.807) is 0 Å². The topological polar surface area (TPSA) is 166 Å². The molecule has 0 bridgehead atoms. The summed E-state index contributed by atoms with van der Waals surface area (Å²) in [6.07, 6.45) is -6.73. The van der Waals surface area contributed by atoms with Gasteiger partial charge in [-0.15, -0.1) is 0 Å². The van der Waals surface area contributed by atoms with Crippen LogP contribution in [0.15, 0.2) is 0 Å². The van der Waals surface area contributed by atoms with Crippen molar-refractivity contribution in [1.82, 2.24) is 5.32 Å². The fourth-order valence-corrected chi connectivity index (χ4v) is 2.78. The van der Waals surface area contributed by atoms with E-state index in [4.69, 9.17) is 14.3 Å². The van der Waals surface area contributed by atoms with E-state index < -0.39 is 61.1 Å². The highest BCUT2D eigenvalue weighted by Crippen LogP contribution is 2.32. The molecule has 0 saturated carbocycles. The minimum absolute atomic E-state index is 0.0291. The molecule has 128 valence electrons. The molecule has 1 saturated heterocycles. The Morgan fingerprint density at radius 3 is 2.50 bits per heavy atom. The lowest BCUT2D eigenvalue weighted by atomic mass is 9.88. The highest BCUT2D eigenvalue weighted by molar-refractivity contribution is 6.00. The van der Waals surface area contributed by atoms with E-state index in [9.17, 15) is 30.0 Å². The molecule has 1 aliphatic rings. The molecule has 11 heteroatoms. The normalized spacial score (nSPS) is 34.9. The van der Waals surface area contributed by atoms with E-state index in [0.29, 0.717) is 0 Å². The van der Waals surface area contributed by atoms with Gasteiger partial charge in [0.25, 0.3) is 5.79 Å². The molecule has 0 aromatic heterocycles. The number of rotatable bonds is 6. The third-order valence-corrected chi connectivity index (χ3v) is 4.18. The minimum atomic E-state index is -2.18. The van der Waals surface area contributed by atoms with Gasteiger partial charge in [-0.3, -0.25) is 4.79 Å². The van der Waals surface area contributed by atoms with Crippen LogP contribution in [0.4, 0.5) is 0 Å². The molecule has 22 heavy (non-hydrogen) atoms. The van der Waals surface area contributed by atoms with Crippen molar-refractivity contribution in [2.45, 2.75) is 49.6 Å². The zero-order valence-electron chi connectivity index (χ0n) is 12.2. The smallest absolute Gasteiger partial charge is 0.363 e. The van der Waals surface area contributed by atoms with Crippen molar-refractivity contribution in [1.29, 1.82) is 0 Å². The van der Waals surface area contributed by atoms with Crippen LogP contribution in [0, 0.1) is 0 Å². The van der Waals surface area contributed by atoms with Crippen molar-refractivity contribution >= 4 is 22.4 Å². The number of carbonyl (C=O) groups is 2. The molecule has 6 atom stereocenters. The Hall–Kier alpha value is -1.08. The van der Waals surface area contributed by atoms with Crippen LogP contribution in [0.1, 0.15) is 13.3 Å². The summed E-state index contributed by atoms with van der Waals surface area (Å²) in [6.45, 7) is 0.354. The number of aliphatic hydroxyl groups excluding tert-OH is 4. The Morgan fingerprint density at radius 2 is 2.09 bits per heavy atom. The summed E-state index contributed by atoms with van der Waals surface area (Å²) in [7, 11) is -0.0291. The molecule has 1 fully saturated rings. The molecular weight excluding hydrogens is 318 g/mol. The molecule has 0 radical (unpaired) electrons. The predicted octanol–water partition coefficient (Wildman–Crippen LogP) is -4.57. The van der Waals surface area contributed by atoms with Crippen LogP contribution in [0.25, 0.3) is 0 Å². The number of nitrogens with one attached hydrogen (secondary N) is 1. The Labute approximate surface area is 129 Å². The predicted molar refractivity (Wildman–Crippen MR) is 73.6 cm³/mol. The van der Waals surface area contributed by atoms with Gasteiger partial charge in [0.05, 0.1) is 18.8 Å². The molecule has 3 unspecified atom stereocenters. The fraction of sp³-hybridized carbons (Fsp3) is 0.818. The SMILES string of the molecule is CC(=O)N[C@@H]1[C@@H](O)CC(O[SiH3])(C(=O)O)O[C@H]1C(O)C(O)CO. The number of ether oxygens (including phenoxy) is 1. The van der Waals surface area contributed by atoms with Crippen molar-refractivity contribution in [2.75, 3.05) is 6.61 Å². The standard InChI is InChI=1S/C11H21NO9Si/c1-4(14)12-7-5(15)2-11(21-22,10(18)19)20-9(7)8(17)6(16)3-13/h5-9,13,15-17H,2-3H2,1,22H3,(H,12,14)(H,18,19)/t5-,6?,7+,8?,9+,11?/m0/s1. The van der Waals surface area contributed by atoms with Crippen LogP contribution in [0.5, 0.6) is 0 Å². The van der Waals surface area contributed by atoms with Gasteiger partial charge in [-0.2, -0.15) is 0 Å². The molecular formula is C11H21NO9Si. The summed E-state index contributed by atoms with van der Waals surface area (Å²) in [5, 5.41) is 50.2. The van der Waals surface area contributed by atoms with E-state index in [1.165, 1.54) is 6.92 Å². The van der Waals surface area contributed by atoms with Crippen molar-refractivity contribution in [3.05, 3.63) is 0 Å². The molecule has 6 N–H and O–H groups in total. The van der Waals surface area contributed by atoms with Gasteiger partial charge in [-0.1, -0.05) is 0 Å². The van der Waals surface area contributed by atoms with Crippen LogP contribution in [0.3, 0.4) is 0 Å². The van der Waals surface area contributed by atoms with E-state index in [1.807, 2.05) is 0 Å². The average molecular weight is 339 g/mol. The van der Waals surface area contributed by atoms with Crippen molar-refractivity contribution < 1.29 is 44.3 Å². The van der Waals surface area contributed by atoms with Crippen LogP contribution in [-0.4, -0.2) is 90.7 Å². The molecule has 1 heterocycles. The second-order valence-electron chi connectivity index (χ2n) is 5.08. The van der Waals surface area contributed by atoms with E-state index in [2.05, 4.69) is 5.32 Å². The summed E-state index contributed by atoms with van der Waals surface area (Å²) < 4.78 is 10.2. The summed E-state index contributed by atoms with van der Waals surface area (Å²) in [5.41, 5.74) is 0.